The van der Waals surface area contributed by atoms with Gasteiger partial charge in [-0.25, -0.2) is 0 Å². The van der Waals surface area contributed by atoms with Crippen LogP contribution >= 0.6 is 11.6 Å². The number of carbonyl (C=O) groups excluding carboxylic acids is 1. The molecule has 4 heteroatoms. The van der Waals surface area contributed by atoms with E-state index in [0.29, 0.717) is 17.4 Å². The van der Waals surface area contributed by atoms with Crippen molar-refractivity contribution in [2.75, 3.05) is 6.61 Å². The first-order valence-corrected chi connectivity index (χ1v) is 7.71. The Morgan fingerprint density at radius 3 is 2.75 bits per heavy atom. The lowest BCUT2D eigenvalue weighted by Gasteiger charge is -2.22. The zero-order valence-corrected chi connectivity index (χ0v) is 12.2. The molecule has 2 aliphatic rings. The maximum absolute atomic E-state index is 12.6. The average molecular weight is 294 g/mol. The summed E-state index contributed by atoms with van der Waals surface area (Å²) in [5, 5.41) is 13.0. The van der Waals surface area contributed by atoms with E-state index in [-0.39, 0.29) is 24.0 Å². The van der Waals surface area contributed by atoms with Gasteiger partial charge in [-0.15, -0.1) is 0 Å². The Bertz CT molecular complexity index is 509. The molecule has 1 amide bonds. The van der Waals surface area contributed by atoms with Crippen molar-refractivity contribution in [3.05, 3.63) is 34.9 Å². The van der Waals surface area contributed by atoms with Gasteiger partial charge in [0.1, 0.15) is 0 Å². The number of nitrogens with one attached hydrogen (secondary N) is 1. The molecule has 0 aliphatic heterocycles. The highest BCUT2D eigenvalue weighted by Gasteiger charge is 2.52. The number of aliphatic hydroxyl groups excluding tert-OH is 1. The summed E-state index contributed by atoms with van der Waals surface area (Å²) in [5.74, 6) is 0.659. The van der Waals surface area contributed by atoms with Crippen molar-refractivity contribution in [2.45, 2.75) is 43.6 Å². The zero-order chi connectivity index (χ0) is 14.2. The number of aliphatic hydroxyl groups is 1. The molecule has 2 N–H and O–H groups in total. The minimum atomic E-state index is -0.381. The molecule has 1 unspecified atom stereocenters. The highest BCUT2D eigenvalue weighted by atomic mass is 35.5. The van der Waals surface area contributed by atoms with E-state index in [4.69, 9.17) is 16.7 Å². The standard InChI is InChI=1S/C16H20ClNO2/c17-13-3-1-2-12(10-13)16(7-8-16)15(20)18-14(6-9-19)11-4-5-11/h1-3,10-11,14,19H,4-9H2,(H,18,20). The molecule has 3 rings (SSSR count). The second-order valence-corrected chi connectivity index (χ2v) is 6.46. The minimum Gasteiger partial charge on any atom is -0.396 e. The smallest absolute Gasteiger partial charge is 0.230 e. The van der Waals surface area contributed by atoms with Crippen LogP contribution in [0.3, 0.4) is 0 Å². The molecule has 2 aliphatic carbocycles. The summed E-state index contributed by atoms with van der Waals surface area (Å²) in [5.41, 5.74) is 0.633. The number of hydrogen-bond donors (Lipinski definition) is 2. The predicted octanol–water partition coefficient (Wildman–Crippen LogP) is 2.65. The molecule has 1 aromatic rings. The van der Waals surface area contributed by atoms with Crippen LogP contribution in [0, 0.1) is 5.92 Å². The van der Waals surface area contributed by atoms with Crippen molar-refractivity contribution in [3.63, 3.8) is 0 Å². The third-order valence-corrected chi connectivity index (χ3v) is 4.74. The molecule has 2 fully saturated rings. The molecule has 0 saturated heterocycles. The fraction of sp³-hybridized carbons (Fsp3) is 0.562. The van der Waals surface area contributed by atoms with Gasteiger partial charge in [0.2, 0.25) is 5.91 Å². The third-order valence-electron chi connectivity index (χ3n) is 4.51. The normalized spacial score (nSPS) is 21.3. The van der Waals surface area contributed by atoms with Gasteiger partial charge < -0.3 is 10.4 Å². The van der Waals surface area contributed by atoms with E-state index in [2.05, 4.69) is 5.32 Å². The second-order valence-electron chi connectivity index (χ2n) is 6.02. The van der Waals surface area contributed by atoms with E-state index < -0.39 is 0 Å². The first-order chi connectivity index (χ1) is 9.65. The van der Waals surface area contributed by atoms with E-state index in [9.17, 15) is 4.79 Å². The molecule has 0 bridgehead atoms. The van der Waals surface area contributed by atoms with Crippen LogP contribution in [0.25, 0.3) is 0 Å². The Kier molecular flexibility index (Phi) is 3.74. The van der Waals surface area contributed by atoms with Crippen molar-refractivity contribution < 1.29 is 9.90 Å². The average Bonchev–Trinajstić information content (AvgIpc) is 3.29. The van der Waals surface area contributed by atoms with Crippen molar-refractivity contribution in [1.29, 1.82) is 0 Å². The molecule has 2 saturated carbocycles. The Labute approximate surface area is 124 Å². The molecule has 0 radical (unpaired) electrons. The van der Waals surface area contributed by atoms with Crippen molar-refractivity contribution in [2.24, 2.45) is 5.92 Å². The highest BCUT2D eigenvalue weighted by molar-refractivity contribution is 6.30. The molecule has 1 aromatic carbocycles. The maximum atomic E-state index is 12.6. The van der Waals surface area contributed by atoms with Gasteiger partial charge in [-0.3, -0.25) is 4.79 Å². The largest absolute Gasteiger partial charge is 0.396 e. The first kappa shape index (κ1) is 13.9. The topological polar surface area (TPSA) is 49.3 Å². The molecule has 108 valence electrons. The van der Waals surface area contributed by atoms with Gasteiger partial charge in [0, 0.05) is 17.7 Å². The third kappa shape index (κ3) is 2.70. The number of benzene rings is 1. The summed E-state index contributed by atoms with van der Waals surface area (Å²) in [7, 11) is 0. The van der Waals surface area contributed by atoms with E-state index in [1.165, 1.54) is 0 Å². The summed E-state index contributed by atoms with van der Waals surface area (Å²) in [6.07, 6.45) is 4.75. The summed E-state index contributed by atoms with van der Waals surface area (Å²) in [6, 6.07) is 7.74. The lowest BCUT2D eigenvalue weighted by Crippen LogP contribution is -2.43. The van der Waals surface area contributed by atoms with Crippen LogP contribution in [-0.2, 0) is 10.2 Å². The Morgan fingerprint density at radius 2 is 2.20 bits per heavy atom. The van der Waals surface area contributed by atoms with E-state index in [1.807, 2.05) is 24.3 Å². The van der Waals surface area contributed by atoms with Crippen LogP contribution in [-0.4, -0.2) is 23.7 Å². The zero-order valence-electron chi connectivity index (χ0n) is 11.4. The molecular formula is C16H20ClNO2. The Hall–Kier alpha value is -1.06. The lowest BCUT2D eigenvalue weighted by molar-refractivity contribution is -0.124. The van der Waals surface area contributed by atoms with Gasteiger partial charge in [-0.2, -0.15) is 0 Å². The SMILES string of the molecule is O=C(NC(CCO)C1CC1)C1(c2cccc(Cl)c2)CC1. The van der Waals surface area contributed by atoms with E-state index in [0.717, 1.165) is 31.2 Å². The molecule has 3 nitrogen and oxygen atoms in total. The van der Waals surface area contributed by atoms with Crippen LogP contribution in [0.5, 0.6) is 0 Å². The first-order valence-electron chi connectivity index (χ1n) is 7.33. The quantitative estimate of drug-likeness (QED) is 0.847. The van der Waals surface area contributed by atoms with Gasteiger partial charge in [0.15, 0.2) is 0 Å². The van der Waals surface area contributed by atoms with Gasteiger partial charge in [0.05, 0.1) is 5.41 Å². The van der Waals surface area contributed by atoms with Crippen LogP contribution in [0.2, 0.25) is 5.02 Å². The fourth-order valence-corrected chi connectivity index (χ4v) is 3.12. The minimum absolute atomic E-state index is 0.102. The summed E-state index contributed by atoms with van der Waals surface area (Å²) in [4.78, 5) is 12.6. The summed E-state index contributed by atoms with van der Waals surface area (Å²) < 4.78 is 0. The maximum Gasteiger partial charge on any atom is 0.230 e. The van der Waals surface area contributed by atoms with Gasteiger partial charge in [0.25, 0.3) is 0 Å². The van der Waals surface area contributed by atoms with Crippen LogP contribution < -0.4 is 5.32 Å². The van der Waals surface area contributed by atoms with Gasteiger partial charge in [-0.05, 0) is 55.7 Å². The lowest BCUT2D eigenvalue weighted by atomic mass is 9.94. The van der Waals surface area contributed by atoms with Gasteiger partial charge >= 0.3 is 0 Å². The molecular weight excluding hydrogens is 274 g/mol. The number of carbonyl (C=O) groups is 1. The van der Waals surface area contributed by atoms with Crippen molar-refractivity contribution in [3.8, 4) is 0 Å². The Morgan fingerprint density at radius 1 is 1.45 bits per heavy atom. The fourth-order valence-electron chi connectivity index (χ4n) is 2.93. The van der Waals surface area contributed by atoms with Gasteiger partial charge in [-0.1, -0.05) is 23.7 Å². The monoisotopic (exact) mass is 293 g/mol. The number of halogens is 1. The molecule has 0 spiro atoms. The number of hydrogen-bond acceptors (Lipinski definition) is 2. The summed E-state index contributed by atoms with van der Waals surface area (Å²) >= 11 is 6.03. The number of rotatable bonds is 6. The van der Waals surface area contributed by atoms with E-state index >= 15 is 0 Å². The second kappa shape index (κ2) is 5.38. The van der Waals surface area contributed by atoms with Crippen LogP contribution in [0.15, 0.2) is 24.3 Å². The van der Waals surface area contributed by atoms with Crippen LogP contribution in [0.4, 0.5) is 0 Å². The Balaban J connectivity index is 1.72. The molecule has 0 heterocycles. The number of amides is 1. The van der Waals surface area contributed by atoms with Crippen molar-refractivity contribution in [1.82, 2.24) is 5.32 Å². The summed E-state index contributed by atoms with van der Waals surface area (Å²) in [6.45, 7) is 0.131. The van der Waals surface area contributed by atoms with E-state index in [1.54, 1.807) is 0 Å². The molecule has 0 aromatic heterocycles. The molecule has 1 atom stereocenters. The van der Waals surface area contributed by atoms with Crippen LogP contribution in [0.1, 0.15) is 37.7 Å². The molecule has 20 heavy (non-hydrogen) atoms. The van der Waals surface area contributed by atoms with Crippen molar-refractivity contribution >= 4 is 17.5 Å². The highest BCUT2D eigenvalue weighted by Crippen LogP contribution is 2.49. The predicted molar refractivity (Wildman–Crippen MR) is 78.7 cm³/mol.